The number of alkyl halides is 3. The fraction of sp³-hybridized carbons (Fsp3) is 0.556. The zero-order chi connectivity index (χ0) is 11.6. The lowest BCUT2D eigenvalue weighted by molar-refractivity contribution is -0.153. The molecule has 0 fully saturated rings. The third-order valence-electron chi connectivity index (χ3n) is 1.71. The van der Waals surface area contributed by atoms with Crippen LogP contribution in [0, 0.1) is 6.92 Å². The molecule has 15 heavy (non-hydrogen) atoms. The second kappa shape index (κ2) is 4.40. The van der Waals surface area contributed by atoms with Crippen LogP contribution in [0.25, 0.3) is 0 Å². The first-order valence-corrected chi connectivity index (χ1v) is 5.16. The molecule has 0 aliphatic carbocycles. The second-order valence-electron chi connectivity index (χ2n) is 3.31. The number of aryl methyl sites for hydroxylation is 1. The second-order valence-corrected chi connectivity index (χ2v) is 4.36. The molecule has 2 nitrogen and oxygen atoms in total. The van der Waals surface area contributed by atoms with Gasteiger partial charge in [0.15, 0.2) is 11.7 Å². The van der Waals surface area contributed by atoms with Crippen molar-refractivity contribution in [2.45, 2.75) is 26.1 Å². The zero-order valence-electron chi connectivity index (χ0n) is 8.39. The Kier molecular flexibility index (Phi) is 3.62. The minimum Gasteiger partial charge on any atom is -0.474 e. The third-order valence-corrected chi connectivity index (χ3v) is 3.06. The summed E-state index contributed by atoms with van der Waals surface area (Å²) in [4.78, 5) is 0.824. The highest BCUT2D eigenvalue weighted by atomic mass is 32.1. The van der Waals surface area contributed by atoms with Gasteiger partial charge in [-0.15, -0.1) is 11.3 Å². The van der Waals surface area contributed by atoms with E-state index in [1.807, 2.05) is 0 Å². The highest BCUT2D eigenvalue weighted by Gasteiger charge is 2.29. The average molecular weight is 239 g/mol. The van der Waals surface area contributed by atoms with E-state index in [1.54, 1.807) is 19.9 Å². The number of halogens is 3. The van der Waals surface area contributed by atoms with Gasteiger partial charge in [-0.2, -0.15) is 13.2 Å². The molecule has 1 rings (SSSR count). The van der Waals surface area contributed by atoms with Crippen LogP contribution < -0.4 is 10.5 Å². The highest BCUT2D eigenvalue weighted by molar-refractivity contribution is 7.14. The minimum absolute atomic E-state index is 0.183. The van der Waals surface area contributed by atoms with Gasteiger partial charge in [-0.3, -0.25) is 0 Å². The van der Waals surface area contributed by atoms with E-state index >= 15 is 0 Å². The molecule has 0 saturated heterocycles. The first kappa shape index (κ1) is 12.3. The molecule has 86 valence electrons. The molecule has 0 aliphatic rings. The van der Waals surface area contributed by atoms with Gasteiger partial charge in [-0.25, -0.2) is 0 Å². The smallest absolute Gasteiger partial charge is 0.422 e. The van der Waals surface area contributed by atoms with E-state index < -0.39 is 12.8 Å². The number of nitrogens with two attached hydrogens (primary N) is 1. The van der Waals surface area contributed by atoms with Crippen molar-refractivity contribution < 1.29 is 17.9 Å². The molecule has 0 amide bonds. The molecule has 0 saturated carbocycles. The lowest BCUT2D eigenvalue weighted by Crippen LogP contribution is -2.19. The third kappa shape index (κ3) is 3.71. The Bertz CT molecular complexity index is 333. The summed E-state index contributed by atoms with van der Waals surface area (Å²) in [6.45, 7) is 2.22. The van der Waals surface area contributed by atoms with Gasteiger partial charge in [0.2, 0.25) is 0 Å². The number of rotatable bonds is 3. The topological polar surface area (TPSA) is 35.2 Å². The SMILES string of the molecule is Cc1cc([C@@H](C)N)sc1OCC(F)(F)F. The molecule has 1 aromatic heterocycles. The van der Waals surface area contributed by atoms with Gasteiger partial charge in [0.25, 0.3) is 0 Å². The van der Waals surface area contributed by atoms with E-state index in [-0.39, 0.29) is 6.04 Å². The van der Waals surface area contributed by atoms with Crippen molar-refractivity contribution in [2.24, 2.45) is 5.73 Å². The summed E-state index contributed by atoms with van der Waals surface area (Å²) in [7, 11) is 0. The predicted octanol–water partition coefficient (Wildman–Crippen LogP) is 3.02. The number of hydrogen-bond acceptors (Lipinski definition) is 3. The Hall–Kier alpha value is -0.750. The van der Waals surface area contributed by atoms with Gasteiger partial charge in [-0.1, -0.05) is 0 Å². The Morgan fingerprint density at radius 2 is 2.13 bits per heavy atom. The van der Waals surface area contributed by atoms with Crippen molar-refractivity contribution in [3.8, 4) is 5.06 Å². The van der Waals surface area contributed by atoms with Crippen molar-refractivity contribution in [3.05, 3.63) is 16.5 Å². The molecule has 6 heteroatoms. The highest BCUT2D eigenvalue weighted by Crippen LogP contribution is 2.33. The molecular formula is C9H12F3NOS. The van der Waals surface area contributed by atoms with Crippen molar-refractivity contribution in [1.82, 2.24) is 0 Å². The molecule has 0 radical (unpaired) electrons. The fourth-order valence-corrected chi connectivity index (χ4v) is 1.98. The Labute approximate surface area is 89.8 Å². The Morgan fingerprint density at radius 3 is 2.53 bits per heavy atom. The van der Waals surface area contributed by atoms with Crippen LogP contribution in [0.15, 0.2) is 6.07 Å². The summed E-state index contributed by atoms with van der Waals surface area (Å²) < 4.78 is 40.3. The monoisotopic (exact) mass is 239 g/mol. The number of thiophene rings is 1. The fourth-order valence-electron chi connectivity index (χ4n) is 1.00. The van der Waals surface area contributed by atoms with E-state index in [9.17, 15) is 13.2 Å². The normalized spacial score (nSPS) is 14.0. The van der Waals surface area contributed by atoms with E-state index in [2.05, 4.69) is 4.74 Å². The quantitative estimate of drug-likeness (QED) is 0.880. The molecule has 0 bridgehead atoms. The first-order chi connectivity index (χ1) is 6.79. The van der Waals surface area contributed by atoms with E-state index in [0.717, 1.165) is 16.2 Å². The van der Waals surface area contributed by atoms with Crippen molar-refractivity contribution in [3.63, 3.8) is 0 Å². The molecular weight excluding hydrogens is 227 g/mol. The van der Waals surface area contributed by atoms with E-state index in [1.165, 1.54) is 0 Å². The summed E-state index contributed by atoms with van der Waals surface area (Å²) in [5.41, 5.74) is 6.30. The van der Waals surface area contributed by atoms with Crippen molar-refractivity contribution in [2.75, 3.05) is 6.61 Å². The van der Waals surface area contributed by atoms with Gasteiger partial charge in [0, 0.05) is 16.5 Å². The van der Waals surface area contributed by atoms with Crippen molar-refractivity contribution in [1.29, 1.82) is 0 Å². The maximum absolute atomic E-state index is 11.9. The molecule has 0 aliphatic heterocycles. The molecule has 0 unspecified atom stereocenters. The summed E-state index contributed by atoms with van der Waals surface area (Å²) in [5, 5.41) is 0.291. The van der Waals surface area contributed by atoms with Crippen LogP contribution in [0.2, 0.25) is 0 Å². The molecule has 1 heterocycles. The van der Waals surface area contributed by atoms with Gasteiger partial charge < -0.3 is 10.5 Å². The summed E-state index contributed by atoms with van der Waals surface area (Å²) >= 11 is 1.16. The first-order valence-electron chi connectivity index (χ1n) is 4.35. The van der Waals surface area contributed by atoms with Gasteiger partial charge in [0.05, 0.1) is 0 Å². The lowest BCUT2D eigenvalue weighted by atomic mass is 10.2. The maximum Gasteiger partial charge on any atom is 0.422 e. The number of ether oxygens (including phenoxy) is 1. The standard InChI is InChI=1S/C9H12F3NOS/c1-5-3-7(6(2)13)15-8(5)14-4-9(10,11)12/h3,6H,4,13H2,1-2H3/t6-/m1/s1. The average Bonchev–Trinajstić information content (AvgIpc) is 2.42. The maximum atomic E-state index is 11.9. The number of hydrogen-bond donors (Lipinski definition) is 1. The van der Waals surface area contributed by atoms with Crippen LogP contribution in [0.1, 0.15) is 23.4 Å². The van der Waals surface area contributed by atoms with Crippen LogP contribution in [0.5, 0.6) is 5.06 Å². The molecule has 0 spiro atoms. The molecule has 2 N–H and O–H groups in total. The van der Waals surface area contributed by atoms with Gasteiger partial charge in [-0.05, 0) is 19.9 Å². The van der Waals surface area contributed by atoms with Gasteiger partial charge in [0.1, 0.15) is 0 Å². The van der Waals surface area contributed by atoms with Crippen LogP contribution in [0.4, 0.5) is 13.2 Å². The molecule has 0 aromatic carbocycles. The van der Waals surface area contributed by atoms with Crippen LogP contribution in [-0.4, -0.2) is 12.8 Å². The Morgan fingerprint density at radius 1 is 1.53 bits per heavy atom. The predicted molar refractivity (Wildman–Crippen MR) is 53.2 cm³/mol. The minimum atomic E-state index is -4.30. The summed E-state index contributed by atoms with van der Waals surface area (Å²) in [6.07, 6.45) is -4.30. The molecule has 1 aromatic rings. The largest absolute Gasteiger partial charge is 0.474 e. The molecule has 1 atom stereocenters. The van der Waals surface area contributed by atoms with E-state index in [0.29, 0.717) is 10.6 Å². The van der Waals surface area contributed by atoms with Crippen LogP contribution in [-0.2, 0) is 0 Å². The van der Waals surface area contributed by atoms with Crippen LogP contribution >= 0.6 is 11.3 Å². The lowest BCUT2D eigenvalue weighted by Gasteiger charge is -2.07. The van der Waals surface area contributed by atoms with Gasteiger partial charge >= 0.3 is 6.18 Å². The Balaban J connectivity index is 2.69. The van der Waals surface area contributed by atoms with Crippen molar-refractivity contribution >= 4 is 11.3 Å². The van der Waals surface area contributed by atoms with Crippen LogP contribution in [0.3, 0.4) is 0 Å². The summed E-state index contributed by atoms with van der Waals surface area (Å²) in [6, 6.07) is 1.57. The van der Waals surface area contributed by atoms with E-state index in [4.69, 9.17) is 5.73 Å². The zero-order valence-corrected chi connectivity index (χ0v) is 9.21. The summed E-state index contributed by atoms with van der Waals surface area (Å²) in [5.74, 6) is 0.